The summed E-state index contributed by atoms with van der Waals surface area (Å²) in [6.45, 7) is 6.40. The zero-order valence-electron chi connectivity index (χ0n) is 18.2. The van der Waals surface area contributed by atoms with Crippen molar-refractivity contribution in [1.82, 2.24) is 14.8 Å². The number of fused-ring (bicyclic) bond motifs is 1. The molecule has 1 atom stereocenters. The maximum absolute atomic E-state index is 12.7. The summed E-state index contributed by atoms with van der Waals surface area (Å²) in [5, 5.41) is 12.0. The Bertz CT molecular complexity index is 1160. The van der Waals surface area contributed by atoms with Gasteiger partial charge in [0.2, 0.25) is 5.91 Å². The topological polar surface area (TPSA) is 95.3 Å². The molecule has 0 bridgehead atoms. The van der Waals surface area contributed by atoms with E-state index in [4.69, 9.17) is 9.47 Å². The second-order valence-electron chi connectivity index (χ2n) is 7.30. The number of carbonyl (C=O) groups excluding carboxylic acids is 2. The van der Waals surface area contributed by atoms with Gasteiger partial charge in [-0.15, -0.1) is 16.8 Å². The summed E-state index contributed by atoms with van der Waals surface area (Å²) in [6.07, 6.45) is 1.73. The van der Waals surface area contributed by atoms with Crippen LogP contribution in [-0.2, 0) is 11.3 Å². The fourth-order valence-corrected chi connectivity index (χ4v) is 4.14. The van der Waals surface area contributed by atoms with Crippen LogP contribution >= 0.6 is 11.8 Å². The number of hydrogen-bond acceptors (Lipinski definition) is 7. The molecule has 9 heteroatoms. The third-order valence-electron chi connectivity index (χ3n) is 5.00. The Balaban J connectivity index is 1.43. The number of ketones is 1. The second kappa shape index (κ2) is 10.4. The molecule has 0 saturated carbocycles. The minimum atomic E-state index is -0.414. The van der Waals surface area contributed by atoms with Crippen LogP contribution in [0.5, 0.6) is 11.5 Å². The van der Waals surface area contributed by atoms with E-state index in [1.54, 1.807) is 37.3 Å². The van der Waals surface area contributed by atoms with Crippen molar-refractivity contribution in [2.75, 3.05) is 17.7 Å². The van der Waals surface area contributed by atoms with E-state index in [1.807, 2.05) is 28.8 Å². The quantitative estimate of drug-likeness (QED) is 0.287. The molecule has 1 amide bonds. The number of nitrogens with one attached hydrogen (secondary N) is 1. The van der Waals surface area contributed by atoms with Gasteiger partial charge in [0.1, 0.15) is 6.61 Å². The summed E-state index contributed by atoms with van der Waals surface area (Å²) >= 11 is 1.30. The van der Waals surface area contributed by atoms with Crippen molar-refractivity contribution in [3.8, 4) is 11.5 Å². The number of amides is 1. The number of nitrogens with zero attached hydrogens (tertiary/aromatic N) is 3. The molecule has 4 rings (SSSR count). The van der Waals surface area contributed by atoms with Crippen LogP contribution in [-0.4, -0.2) is 38.8 Å². The summed E-state index contributed by atoms with van der Waals surface area (Å²) < 4.78 is 13.8. The highest BCUT2D eigenvalue weighted by atomic mass is 32.2. The highest BCUT2D eigenvalue weighted by Crippen LogP contribution is 2.36. The van der Waals surface area contributed by atoms with Gasteiger partial charge in [0.05, 0.1) is 5.75 Å². The highest BCUT2D eigenvalue weighted by molar-refractivity contribution is 7.99. The number of aromatic nitrogens is 3. The van der Waals surface area contributed by atoms with Crippen molar-refractivity contribution >= 4 is 29.1 Å². The maximum atomic E-state index is 12.7. The van der Waals surface area contributed by atoms with E-state index in [2.05, 4.69) is 22.1 Å². The molecule has 1 aromatic heterocycles. The summed E-state index contributed by atoms with van der Waals surface area (Å²) in [4.78, 5) is 24.2. The summed E-state index contributed by atoms with van der Waals surface area (Å²) in [5.74, 6) is 2.05. The Morgan fingerprint density at radius 3 is 2.67 bits per heavy atom. The monoisotopic (exact) mass is 464 g/mol. The zero-order valence-corrected chi connectivity index (χ0v) is 19.0. The van der Waals surface area contributed by atoms with E-state index in [0.717, 1.165) is 0 Å². The number of hydrogen-bond donors (Lipinski definition) is 1. The Morgan fingerprint density at radius 2 is 1.94 bits per heavy atom. The molecule has 0 fully saturated rings. The average molecular weight is 465 g/mol. The van der Waals surface area contributed by atoms with Gasteiger partial charge in [0, 0.05) is 24.2 Å². The van der Waals surface area contributed by atoms with E-state index in [1.165, 1.54) is 11.8 Å². The normalized spacial score (nSPS) is 14.5. The van der Waals surface area contributed by atoms with Crippen LogP contribution in [0, 0.1) is 0 Å². The smallest absolute Gasteiger partial charge is 0.224 e. The van der Waals surface area contributed by atoms with Crippen molar-refractivity contribution < 1.29 is 19.1 Å². The predicted molar refractivity (Wildman–Crippen MR) is 126 cm³/mol. The number of thioether (sulfide) groups is 1. The van der Waals surface area contributed by atoms with Crippen LogP contribution in [0.1, 0.15) is 35.6 Å². The Hall–Kier alpha value is -3.59. The van der Waals surface area contributed by atoms with E-state index < -0.39 is 6.10 Å². The average Bonchev–Trinajstić information content (AvgIpc) is 3.25. The molecule has 1 aliphatic rings. The van der Waals surface area contributed by atoms with Crippen molar-refractivity contribution in [2.24, 2.45) is 0 Å². The lowest BCUT2D eigenvalue weighted by Gasteiger charge is -2.26. The summed E-state index contributed by atoms with van der Waals surface area (Å²) in [7, 11) is 0. The lowest BCUT2D eigenvalue weighted by molar-refractivity contribution is -0.115. The lowest BCUT2D eigenvalue weighted by atomic mass is 10.1. The molecule has 0 saturated heterocycles. The highest BCUT2D eigenvalue weighted by Gasteiger charge is 2.28. The largest absolute Gasteiger partial charge is 0.485 e. The van der Waals surface area contributed by atoms with E-state index in [9.17, 15) is 9.59 Å². The van der Waals surface area contributed by atoms with Gasteiger partial charge in [0.25, 0.3) is 0 Å². The minimum absolute atomic E-state index is 0.0470. The fraction of sp³-hybridized carbons (Fsp3) is 0.250. The van der Waals surface area contributed by atoms with Gasteiger partial charge in [-0.3, -0.25) is 14.2 Å². The number of benzene rings is 2. The number of anilines is 1. The molecule has 2 heterocycles. The number of para-hydroxylation sites is 2. The van der Waals surface area contributed by atoms with Crippen molar-refractivity contribution in [3.05, 3.63) is 72.6 Å². The first-order valence-corrected chi connectivity index (χ1v) is 11.6. The molecule has 3 aromatic rings. The van der Waals surface area contributed by atoms with E-state index in [0.29, 0.717) is 53.3 Å². The molecule has 0 radical (unpaired) electrons. The Morgan fingerprint density at radius 1 is 1.18 bits per heavy atom. The minimum Gasteiger partial charge on any atom is -0.485 e. The number of ether oxygens (including phenoxy) is 2. The molecular weight excluding hydrogens is 440 g/mol. The molecule has 0 spiro atoms. The Kier molecular flexibility index (Phi) is 7.09. The van der Waals surface area contributed by atoms with Crippen LogP contribution in [0.2, 0.25) is 0 Å². The summed E-state index contributed by atoms with van der Waals surface area (Å²) in [5.41, 5.74) is 1.23. The molecule has 0 aliphatic carbocycles. The molecule has 33 heavy (non-hydrogen) atoms. The van der Waals surface area contributed by atoms with Gasteiger partial charge in [0.15, 0.2) is 34.4 Å². The molecular formula is C24H24N4O4S. The molecule has 8 nitrogen and oxygen atoms in total. The third kappa shape index (κ3) is 5.25. The van der Waals surface area contributed by atoms with E-state index >= 15 is 0 Å². The molecule has 0 unspecified atom stereocenters. The first-order valence-electron chi connectivity index (χ1n) is 10.6. The van der Waals surface area contributed by atoms with Crippen LogP contribution in [0.4, 0.5) is 5.69 Å². The first kappa shape index (κ1) is 22.6. The third-order valence-corrected chi connectivity index (χ3v) is 5.96. The van der Waals surface area contributed by atoms with Crippen molar-refractivity contribution in [1.29, 1.82) is 0 Å². The standard InChI is InChI=1S/C24H24N4O4S/c1-3-13-28-23(21-14-31-19-7-5-6-8-20(19)32-21)26-27-24(28)33-15-18(29)16-9-11-17(12-10-16)25-22(30)4-2/h3,5-12,21H,1,4,13-15H2,2H3,(H,25,30)/t21-/m1/s1. The van der Waals surface area contributed by atoms with Gasteiger partial charge in [-0.1, -0.05) is 36.9 Å². The van der Waals surface area contributed by atoms with Crippen LogP contribution < -0.4 is 14.8 Å². The van der Waals surface area contributed by atoms with Crippen LogP contribution in [0.25, 0.3) is 0 Å². The first-order chi connectivity index (χ1) is 16.1. The summed E-state index contributed by atoms with van der Waals surface area (Å²) in [6, 6.07) is 14.3. The van der Waals surface area contributed by atoms with Crippen LogP contribution in [0.3, 0.4) is 0 Å². The van der Waals surface area contributed by atoms with Gasteiger partial charge >= 0.3 is 0 Å². The molecule has 170 valence electrons. The van der Waals surface area contributed by atoms with Gasteiger partial charge in [-0.25, -0.2) is 0 Å². The molecule has 1 N–H and O–H groups in total. The molecule has 2 aromatic carbocycles. The SMILES string of the molecule is C=CCn1c(SCC(=O)c2ccc(NC(=O)CC)cc2)nnc1[C@H]1COc2ccccc2O1. The Labute approximate surface area is 196 Å². The van der Waals surface area contributed by atoms with Gasteiger partial charge in [-0.2, -0.15) is 0 Å². The number of carbonyl (C=O) groups is 2. The fourth-order valence-electron chi connectivity index (χ4n) is 3.29. The molecule has 1 aliphatic heterocycles. The number of rotatable bonds is 9. The van der Waals surface area contributed by atoms with Crippen molar-refractivity contribution in [3.63, 3.8) is 0 Å². The van der Waals surface area contributed by atoms with E-state index in [-0.39, 0.29) is 17.4 Å². The van der Waals surface area contributed by atoms with Crippen molar-refractivity contribution in [2.45, 2.75) is 31.1 Å². The number of allylic oxidation sites excluding steroid dienone is 1. The van der Waals surface area contributed by atoms with Gasteiger partial charge < -0.3 is 14.8 Å². The number of Topliss-reactive ketones (excluding diaryl/α,β-unsaturated/α-hetero) is 1. The predicted octanol–water partition coefficient (Wildman–Crippen LogP) is 4.30. The zero-order chi connectivity index (χ0) is 23.2. The van der Waals surface area contributed by atoms with Gasteiger partial charge in [-0.05, 0) is 36.4 Å². The lowest BCUT2D eigenvalue weighted by Crippen LogP contribution is -2.25. The van der Waals surface area contributed by atoms with Crippen LogP contribution in [0.15, 0.2) is 66.3 Å². The maximum Gasteiger partial charge on any atom is 0.224 e. The second-order valence-corrected chi connectivity index (χ2v) is 8.24.